The summed E-state index contributed by atoms with van der Waals surface area (Å²) in [6.45, 7) is 1.80. The summed E-state index contributed by atoms with van der Waals surface area (Å²) in [5.41, 5.74) is 2.01. The van der Waals surface area contributed by atoms with E-state index >= 15 is 0 Å². The lowest BCUT2D eigenvalue weighted by molar-refractivity contribution is -0.115. The Bertz CT molecular complexity index is 1600. The number of nitrogens with one attached hydrogen (secondary N) is 3. The summed E-state index contributed by atoms with van der Waals surface area (Å²) in [5, 5.41) is 8.57. The molecule has 4 aromatic carbocycles. The van der Waals surface area contributed by atoms with Crippen molar-refractivity contribution in [1.82, 2.24) is 5.32 Å². The van der Waals surface area contributed by atoms with Crippen LogP contribution in [-0.4, -0.2) is 23.0 Å². The highest BCUT2D eigenvalue weighted by Gasteiger charge is 2.18. The first-order chi connectivity index (χ1) is 19.7. The summed E-state index contributed by atoms with van der Waals surface area (Å²) in [4.78, 5) is 39.8. The lowest BCUT2D eigenvalue weighted by Crippen LogP contribution is -2.30. The zero-order valence-corrected chi connectivity index (χ0v) is 25.6. The summed E-state index contributed by atoms with van der Waals surface area (Å²) in [6, 6.07) is 28.0. The van der Waals surface area contributed by atoms with E-state index in [4.69, 9.17) is 23.2 Å². The third-order valence-corrected chi connectivity index (χ3v) is 8.15. The van der Waals surface area contributed by atoms with Crippen LogP contribution in [0.25, 0.3) is 6.08 Å². The number of anilines is 2. The van der Waals surface area contributed by atoms with Crippen LogP contribution in [0.5, 0.6) is 0 Å². The Balaban J connectivity index is 1.50. The van der Waals surface area contributed by atoms with Gasteiger partial charge in [0.25, 0.3) is 11.8 Å². The quantitative estimate of drug-likeness (QED) is 0.124. The minimum absolute atomic E-state index is 0.0247. The first kappa shape index (κ1) is 30.4. The smallest absolute Gasteiger partial charge is 0.272 e. The third-order valence-electron chi connectivity index (χ3n) is 5.70. The fraction of sp³-hybridized carbons (Fsp3) is 0.0645. The summed E-state index contributed by atoms with van der Waals surface area (Å²) in [6.07, 6.45) is 1.47. The maximum absolute atomic E-state index is 13.4. The van der Waals surface area contributed by atoms with Crippen molar-refractivity contribution >= 4 is 86.1 Å². The van der Waals surface area contributed by atoms with Gasteiger partial charge in [0.1, 0.15) is 5.70 Å². The van der Waals surface area contributed by atoms with Crippen molar-refractivity contribution in [3.05, 3.63) is 128 Å². The predicted molar refractivity (Wildman–Crippen MR) is 172 cm³/mol. The largest absolute Gasteiger partial charge is 0.325 e. The van der Waals surface area contributed by atoms with Crippen molar-refractivity contribution in [2.75, 3.05) is 10.6 Å². The van der Waals surface area contributed by atoms with Gasteiger partial charge >= 0.3 is 0 Å². The van der Waals surface area contributed by atoms with Gasteiger partial charge in [-0.25, -0.2) is 0 Å². The van der Waals surface area contributed by atoms with Gasteiger partial charge in [0.2, 0.25) is 5.91 Å². The topological polar surface area (TPSA) is 87.3 Å². The van der Waals surface area contributed by atoms with Crippen molar-refractivity contribution in [2.45, 2.75) is 17.1 Å². The van der Waals surface area contributed by atoms with Gasteiger partial charge in [-0.15, -0.1) is 11.8 Å². The molecule has 4 rings (SSSR count). The van der Waals surface area contributed by atoms with Gasteiger partial charge < -0.3 is 16.0 Å². The standard InChI is InChI=1S/C31H24BrCl2N3O3S/c1-19(29(38)35-23-15-13-22(32)14-16-23)41-25-11-6-10-24(18-25)36-31(40)27(17-21-9-5-12-26(33)28(21)34)37-30(39)20-7-3-2-4-8-20/h2-19H,1H3,(H,35,38)(H,36,40)(H,37,39)/b27-17+. The minimum Gasteiger partial charge on any atom is -0.325 e. The van der Waals surface area contributed by atoms with Crippen LogP contribution in [0.1, 0.15) is 22.8 Å². The van der Waals surface area contributed by atoms with Gasteiger partial charge in [0, 0.05) is 26.3 Å². The van der Waals surface area contributed by atoms with Crippen LogP contribution in [0.15, 0.2) is 112 Å². The number of amides is 3. The van der Waals surface area contributed by atoms with Crippen LogP contribution in [0.2, 0.25) is 10.0 Å². The van der Waals surface area contributed by atoms with Crippen LogP contribution in [0, 0.1) is 0 Å². The second-order valence-corrected chi connectivity index (χ2v) is 11.9. The van der Waals surface area contributed by atoms with E-state index in [0.29, 0.717) is 27.5 Å². The summed E-state index contributed by atoms with van der Waals surface area (Å²) < 4.78 is 0.921. The molecule has 208 valence electrons. The second-order valence-electron chi connectivity index (χ2n) is 8.76. The number of halogens is 3. The molecule has 0 aliphatic heterocycles. The molecule has 0 saturated heterocycles. The van der Waals surface area contributed by atoms with E-state index < -0.39 is 17.1 Å². The van der Waals surface area contributed by atoms with E-state index in [1.807, 2.05) is 30.3 Å². The Morgan fingerprint density at radius 3 is 2.27 bits per heavy atom. The molecule has 0 aliphatic carbocycles. The van der Waals surface area contributed by atoms with Crippen LogP contribution in [-0.2, 0) is 9.59 Å². The fourth-order valence-electron chi connectivity index (χ4n) is 3.61. The summed E-state index contributed by atoms with van der Waals surface area (Å²) in [5.74, 6) is -1.17. The van der Waals surface area contributed by atoms with E-state index in [9.17, 15) is 14.4 Å². The lowest BCUT2D eigenvalue weighted by Gasteiger charge is -2.14. The summed E-state index contributed by atoms with van der Waals surface area (Å²) in [7, 11) is 0. The number of rotatable bonds is 9. The Morgan fingerprint density at radius 1 is 0.829 bits per heavy atom. The zero-order chi connectivity index (χ0) is 29.4. The Labute approximate surface area is 260 Å². The first-order valence-corrected chi connectivity index (χ1v) is 14.8. The molecule has 1 atom stereocenters. The average molecular weight is 669 g/mol. The van der Waals surface area contributed by atoms with Crippen molar-refractivity contribution in [2.24, 2.45) is 0 Å². The molecule has 4 aromatic rings. The monoisotopic (exact) mass is 667 g/mol. The predicted octanol–water partition coefficient (Wildman–Crippen LogP) is 8.28. The Hall–Kier alpha value is -3.56. The van der Waals surface area contributed by atoms with E-state index in [2.05, 4.69) is 31.9 Å². The fourth-order valence-corrected chi connectivity index (χ4v) is 5.16. The zero-order valence-electron chi connectivity index (χ0n) is 21.7. The molecule has 10 heteroatoms. The van der Waals surface area contributed by atoms with E-state index in [1.165, 1.54) is 17.8 Å². The van der Waals surface area contributed by atoms with E-state index in [-0.39, 0.29) is 16.6 Å². The molecule has 0 radical (unpaired) electrons. The molecule has 0 aliphatic rings. The van der Waals surface area contributed by atoms with Crippen LogP contribution >= 0.6 is 50.9 Å². The molecule has 0 bridgehead atoms. The normalized spacial score (nSPS) is 11.9. The van der Waals surface area contributed by atoms with Gasteiger partial charge in [-0.1, -0.05) is 75.5 Å². The van der Waals surface area contributed by atoms with Crippen LogP contribution in [0.4, 0.5) is 11.4 Å². The second kappa shape index (κ2) is 14.4. The number of hydrogen-bond donors (Lipinski definition) is 3. The molecule has 0 heterocycles. The molecular weight excluding hydrogens is 645 g/mol. The maximum Gasteiger partial charge on any atom is 0.272 e. The number of carbonyl (C=O) groups is 3. The number of hydrogen-bond acceptors (Lipinski definition) is 4. The third kappa shape index (κ3) is 8.71. The van der Waals surface area contributed by atoms with Gasteiger partial charge in [-0.05, 0) is 79.2 Å². The van der Waals surface area contributed by atoms with Crippen LogP contribution in [0.3, 0.4) is 0 Å². The maximum atomic E-state index is 13.4. The molecule has 0 spiro atoms. The molecule has 3 amide bonds. The van der Waals surface area contributed by atoms with Crippen molar-refractivity contribution < 1.29 is 14.4 Å². The SMILES string of the molecule is CC(Sc1cccc(NC(=O)/C(=C\c2cccc(Cl)c2Cl)NC(=O)c2ccccc2)c1)C(=O)Nc1ccc(Br)cc1. The van der Waals surface area contributed by atoms with Gasteiger partial charge in [0.05, 0.1) is 15.3 Å². The summed E-state index contributed by atoms with van der Waals surface area (Å²) >= 11 is 17.2. The molecule has 3 N–H and O–H groups in total. The van der Waals surface area contributed by atoms with E-state index in [0.717, 1.165) is 9.37 Å². The highest BCUT2D eigenvalue weighted by molar-refractivity contribution is 9.10. The first-order valence-electron chi connectivity index (χ1n) is 12.4. The minimum atomic E-state index is -0.562. The van der Waals surface area contributed by atoms with Crippen molar-refractivity contribution in [1.29, 1.82) is 0 Å². The lowest BCUT2D eigenvalue weighted by atomic mass is 10.1. The molecule has 1 unspecified atom stereocenters. The van der Waals surface area contributed by atoms with Gasteiger partial charge in [0.15, 0.2) is 0 Å². The number of carbonyl (C=O) groups excluding carboxylic acids is 3. The van der Waals surface area contributed by atoms with Crippen molar-refractivity contribution in [3.8, 4) is 0 Å². The Kier molecular flexibility index (Phi) is 10.7. The average Bonchev–Trinajstić information content (AvgIpc) is 2.96. The molecule has 0 fully saturated rings. The number of benzene rings is 4. The van der Waals surface area contributed by atoms with Crippen molar-refractivity contribution in [3.63, 3.8) is 0 Å². The highest BCUT2D eigenvalue weighted by atomic mass is 79.9. The molecular formula is C31H24BrCl2N3O3S. The highest BCUT2D eigenvalue weighted by Crippen LogP contribution is 2.29. The molecule has 0 saturated carbocycles. The Morgan fingerprint density at radius 2 is 1.54 bits per heavy atom. The van der Waals surface area contributed by atoms with Gasteiger partial charge in [-0.3, -0.25) is 14.4 Å². The molecule has 6 nitrogen and oxygen atoms in total. The molecule has 0 aromatic heterocycles. The van der Waals surface area contributed by atoms with Gasteiger partial charge in [-0.2, -0.15) is 0 Å². The number of thioether (sulfide) groups is 1. The van der Waals surface area contributed by atoms with Crippen LogP contribution < -0.4 is 16.0 Å². The molecule has 41 heavy (non-hydrogen) atoms. The van der Waals surface area contributed by atoms with E-state index in [1.54, 1.807) is 73.7 Å².